The predicted molar refractivity (Wildman–Crippen MR) is 48.3 cm³/mol. The fourth-order valence-corrected chi connectivity index (χ4v) is 1.17. The summed E-state index contributed by atoms with van der Waals surface area (Å²) in [4.78, 5) is 13.2. The highest BCUT2D eigenvalue weighted by molar-refractivity contribution is 6.42. The van der Waals surface area contributed by atoms with E-state index < -0.39 is 0 Å². The highest BCUT2D eigenvalue weighted by atomic mass is 35.5. The molecule has 0 aliphatic carbocycles. The molecule has 0 aromatic heterocycles. The van der Waals surface area contributed by atoms with E-state index in [0.29, 0.717) is 10.0 Å². The van der Waals surface area contributed by atoms with E-state index >= 15 is 0 Å². The maximum absolute atomic E-state index is 9.81. The molecule has 0 amide bonds. The second-order valence-corrected chi connectivity index (χ2v) is 2.91. The van der Waals surface area contributed by atoms with Gasteiger partial charge in [0.25, 0.3) is 0 Å². The Morgan fingerprint density at radius 3 is 2.83 bits per heavy atom. The van der Waals surface area contributed by atoms with Gasteiger partial charge in [-0.15, -0.1) is 0 Å². The molecule has 0 aliphatic rings. The molecule has 0 bridgehead atoms. The summed E-state index contributed by atoms with van der Waals surface area (Å²) in [6.45, 7) is 0.225. The Balaban J connectivity index is 2.99. The molecular weight excluding hydrogens is 197 g/mol. The normalized spacial score (nSPS) is 9.17. The Kier molecular flexibility index (Phi) is 3.30. The van der Waals surface area contributed by atoms with Crippen molar-refractivity contribution in [1.82, 2.24) is 0 Å². The average Bonchev–Trinajstić information content (AvgIpc) is 2.08. The predicted octanol–water partition coefficient (Wildman–Crippen LogP) is 2.83. The number of hydrogen-bond acceptors (Lipinski definition) is 2. The van der Waals surface area contributed by atoms with Crippen LogP contribution in [0.25, 0.3) is 0 Å². The van der Waals surface area contributed by atoms with E-state index in [2.05, 4.69) is 4.99 Å². The molecule has 12 heavy (non-hydrogen) atoms. The molecule has 1 aromatic rings. The van der Waals surface area contributed by atoms with Crippen LogP contribution in [0, 0.1) is 0 Å². The van der Waals surface area contributed by atoms with E-state index in [1.807, 2.05) is 0 Å². The Labute approximate surface area is 79.8 Å². The van der Waals surface area contributed by atoms with Gasteiger partial charge in [0.15, 0.2) is 0 Å². The van der Waals surface area contributed by atoms with Crippen LogP contribution in [0.2, 0.25) is 10.0 Å². The molecule has 2 nitrogen and oxygen atoms in total. The summed E-state index contributed by atoms with van der Waals surface area (Å²) in [5, 5.41) is 0.911. The monoisotopic (exact) mass is 201 g/mol. The quantitative estimate of drug-likeness (QED) is 0.535. The molecule has 0 saturated heterocycles. The van der Waals surface area contributed by atoms with Crippen molar-refractivity contribution in [2.45, 2.75) is 6.54 Å². The van der Waals surface area contributed by atoms with Gasteiger partial charge in [-0.05, 0) is 11.6 Å². The number of hydrogen-bond donors (Lipinski definition) is 0. The van der Waals surface area contributed by atoms with Gasteiger partial charge in [-0.25, -0.2) is 9.79 Å². The minimum Gasteiger partial charge on any atom is -0.211 e. The van der Waals surface area contributed by atoms with Gasteiger partial charge in [0.05, 0.1) is 16.6 Å². The zero-order valence-electron chi connectivity index (χ0n) is 6.05. The smallest absolute Gasteiger partial charge is 0.211 e. The average molecular weight is 202 g/mol. The van der Waals surface area contributed by atoms with Crippen LogP contribution in [0.3, 0.4) is 0 Å². The van der Waals surface area contributed by atoms with Crippen molar-refractivity contribution in [3.8, 4) is 0 Å². The van der Waals surface area contributed by atoms with Gasteiger partial charge in [-0.2, -0.15) is 0 Å². The number of aliphatic imine (C=N–C) groups is 1. The van der Waals surface area contributed by atoms with Gasteiger partial charge in [-0.1, -0.05) is 35.3 Å². The third kappa shape index (κ3) is 2.08. The molecule has 0 unspecified atom stereocenters. The number of nitrogens with zero attached hydrogens (tertiary/aromatic N) is 1. The third-order valence-corrected chi connectivity index (χ3v) is 2.20. The van der Waals surface area contributed by atoms with E-state index in [1.165, 1.54) is 6.08 Å². The van der Waals surface area contributed by atoms with E-state index in [1.54, 1.807) is 18.2 Å². The van der Waals surface area contributed by atoms with Crippen LogP contribution in [0.5, 0.6) is 0 Å². The summed E-state index contributed by atoms with van der Waals surface area (Å²) in [7, 11) is 0. The maximum atomic E-state index is 9.81. The Morgan fingerprint density at radius 2 is 2.17 bits per heavy atom. The molecular formula is C8H5Cl2NO. The molecule has 1 rings (SSSR count). The zero-order valence-corrected chi connectivity index (χ0v) is 7.56. The van der Waals surface area contributed by atoms with Crippen LogP contribution >= 0.6 is 23.2 Å². The van der Waals surface area contributed by atoms with Crippen molar-refractivity contribution in [1.29, 1.82) is 0 Å². The summed E-state index contributed by atoms with van der Waals surface area (Å²) in [5.41, 5.74) is 0.729. The van der Waals surface area contributed by atoms with Crippen LogP contribution < -0.4 is 0 Å². The molecule has 0 saturated carbocycles. The lowest BCUT2D eigenvalue weighted by molar-refractivity contribution is 0.563. The SMILES string of the molecule is O=C=NCc1cccc(Cl)c1Cl. The highest BCUT2D eigenvalue weighted by Gasteiger charge is 2.02. The summed E-state index contributed by atoms with van der Waals surface area (Å²) >= 11 is 11.5. The van der Waals surface area contributed by atoms with Gasteiger partial charge in [0.1, 0.15) is 0 Å². The second-order valence-electron chi connectivity index (χ2n) is 2.12. The van der Waals surface area contributed by atoms with Gasteiger partial charge in [0, 0.05) is 0 Å². The van der Waals surface area contributed by atoms with Crippen molar-refractivity contribution in [3.63, 3.8) is 0 Å². The summed E-state index contributed by atoms with van der Waals surface area (Å²) < 4.78 is 0. The molecule has 1 aromatic carbocycles. The Morgan fingerprint density at radius 1 is 1.42 bits per heavy atom. The van der Waals surface area contributed by atoms with Crippen LogP contribution in [0.15, 0.2) is 23.2 Å². The number of benzene rings is 1. The Bertz CT molecular complexity index is 332. The van der Waals surface area contributed by atoms with Crippen LogP contribution in [0.1, 0.15) is 5.56 Å². The van der Waals surface area contributed by atoms with Gasteiger partial charge >= 0.3 is 0 Å². The first-order valence-corrected chi connectivity index (χ1v) is 3.98. The fraction of sp³-hybridized carbons (Fsp3) is 0.125. The largest absolute Gasteiger partial charge is 0.235 e. The topological polar surface area (TPSA) is 29.4 Å². The first-order valence-electron chi connectivity index (χ1n) is 3.22. The first kappa shape index (κ1) is 9.27. The summed E-state index contributed by atoms with van der Waals surface area (Å²) in [6.07, 6.45) is 1.44. The standard InChI is InChI=1S/C8H5Cl2NO/c9-7-3-1-2-6(8(7)10)4-11-5-12/h1-3H,4H2. The van der Waals surface area contributed by atoms with Crippen LogP contribution in [-0.2, 0) is 11.3 Å². The number of halogens is 2. The van der Waals surface area contributed by atoms with E-state index in [-0.39, 0.29) is 6.54 Å². The Hall–Kier alpha value is -0.820. The summed E-state index contributed by atoms with van der Waals surface area (Å²) in [6, 6.07) is 5.19. The molecule has 0 radical (unpaired) electrons. The van der Waals surface area contributed by atoms with E-state index in [4.69, 9.17) is 23.2 Å². The highest BCUT2D eigenvalue weighted by Crippen LogP contribution is 2.25. The number of isocyanates is 1. The molecule has 0 N–H and O–H groups in total. The molecule has 0 atom stereocenters. The van der Waals surface area contributed by atoms with Gasteiger partial charge < -0.3 is 0 Å². The van der Waals surface area contributed by atoms with E-state index in [9.17, 15) is 4.79 Å². The van der Waals surface area contributed by atoms with Gasteiger partial charge in [0.2, 0.25) is 6.08 Å². The van der Waals surface area contributed by atoms with Crippen molar-refractivity contribution < 1.29 is 4.79 Å². The first-order chi connectivity index (χ1) is 5.75. The minimum atomic E-state index is 0.225. The lowest BCUT2D eigenvalue weighted by atomic mass is 10.2. The van der Waals surface area contributed by atoms with Crippen molar-refractivity contribution in [3.05, 3.63) is 33.8 Å². The molecule has 0 heterocycles. The van der Waals surface area contributed by atoms with Crippen LogP contribution in [0.4, 0.5) is 0 Å². The maximum Gasteiger partial charge on any atom is 0.235 e. The van der Waals surface area contributed by atoms with Crippen LogP contribution in [-0.4, -0.2) is 6.08 Å². The van der Waals surface area contributed by atoms with E-state index in [0.717, 1.165) is 5.56 Å². The molecule has 4 heteroatoms. The third-order valence-electron chi connectivity index (χ3n) is 1.35. The summed E-state index contributed by atoms with van der Waals surface area (Å²) in [5.74, 6) is 0. The van der Waals surface area contributed by atoms with Crippen molar-refractivity contribution in [2.75, 3.05) is 0 Å². The fourth-order valence-electron chi connectivity index (χ4n) is 0.788. The number of carbonyl (C=O) groups excluding carboxylic acids is 1. The lowest BCUT2D eigenvalue weighted by Gasteiger charge is -1.99. The second kappa shape index (κ2) is 4.27. The van der Waals surface area contributed by atoms with Crippen molar-refractivity contribution >= 4 is 29.3 Å². The zero-order chi connectivity index (χ0) is 8.97. The molecule has 0 spiro atoms. The van der Waals surface area contributed by atoms with Gasteiger partial charge in [-0.3, -0.25) is 0 Å². The molecule has 62 valence electrons. The lowest BCUT2D eigenvalue weighted by Crippen LogP contribution is -1.82. The number of rotatable bonds is 2. The minimum absolute atomic E-state index is 0.225. The molecule has 0 aliphatic heterocycles. The van der Waals surface area contributed by atoms with Crippen molar-refractivity contribution in [2.24, 2.45) is 4.99 Å². The molecule has 0 fully saturated rings.